The Morgan fingerprint density at radius 1 is 0.900 bits per heavy atom. The Labute approximate surface area is 184 Å². The van der Waals surface area contributed by atoms with Gasteiger partial charge in [0.2, 0.25) is 5.91 Å². The summed E-state index contributed by atoms with van der Waals surface area (Å²) in [5.74, 6) is 0.434. The van der Waals surface area contributed by atoms with Crippen LogP contribution >= 0.6 is 23.2 Å². The van der Waals surface area contributed by atoms with E-state index < -0.39 is 0 Å². The SMILES string of the molecule is CC(=O)Nc1c(-c2ccncc2)c(-c2ccc(Cl)c(Cl)c2)nn1C.c1cc2cc-2c1. The van der Waals surface area contributed by atoms with Gasteiger partial charge in [0.25, 0.3) is 0 Å². The summed E-state index contributed by atoms with van der Waals surface area (Å²) in [4.78, 5) is 15.6. The van der Waals surface area contributed by atoms with Crippen LogP contribution < -0.4 is 5.32 Å². The first-order valence-corrected chi connectivity index (χ1v) is 10.0. The van der Waals surface area contributed by atoms with Crippen molar-refractivity contribution in [3.8, 4) is 33.5 Å². The van der Waals surface area contributed by atoms with Crippen molar-refractivity contribution in [1.82, 2.24) is 14.8 Å². The van der Waals surface area contributed by atoms with Crippen molar-refractivity contribution in [2.45, 2.75) is 6.92 Å². The Bertz CT molecular complexity index is 1220. The Morgan fingerprint density at radius 3 is 2.13 bits per heavy atom. The minimum absolute atomic E-state index is 0.172. The van der Waals surface area contributed by atoms with Crippen LogP contribution in [-0.4, -0.2) is 20.7 Å². The van der Waals surface area contributed by atoms with Gasteiger partial charge in [0, 0.05) is 31.9 Å². The molecule has 2 aromatic heterocycles. The van der Waals surface area contributed by atoms with Crippen LogP contribution in [-0.2, 0) is 11.8 Å². The van der Waals surface area contributed by atoms with Gasteiger partial charge in [-0.1, -0.05) is 47.5 Å². The molecule has 5 rings (SSSR count). The zero-order valence-electron chi connectivity index (χ0n) is 16.4. The number of fused-ring (bicyclic) bond motifs is 1. The van der Waals surface area contributed by atoms with Crippen molar-refractivity contribution in [3.63, 3.8) is 0 Å². The van der Waals surface area contributed by atoms with Crippen molar-refractivity contribution in [2.24, 2.45) is 7.05 Å². The highest BCUT2D eigenvalue weighted by molar-refractivity contribution is 6.42. The van der Waals surface area contributed by atoms with Gasteiger partial charge in [0.1, 0.15) is 11.5 Å². The molecule has 1 N–H and O–H groups in total. The van der Waals surface area contributed by atoms with E-state index >= 15 is 0 Å². The van der Waals surface area contributed by atoms with Gasteiger partial charge in [-0.05, 0) is 47.0 Å². The smallest absolute Gasteiger partial charge is 0.222 e. The lowest BCUT2D eigenvalue weighted by Gasteiger charge is -2.08. The van der Waals surface area contributed by atoms with E-state index in [2.05, 4.69) is 39.7 Å². The number of nitrogens with one attached hydrogen (secondary N) is 1. The van der Waals surface area contributed by atoms with Crippen molar-refractivity contribution in [1.29, 1.82) is 0 Å². The minimum atomic E-state index is -0.172. The van der Waals surface area contributed by atoms with Crippen molar-refractivity contribution in [2.75, 3.05) is 5.32 Å². The lowest BCUT2D eigenvalue weighted by molar-refractivity contribution is -0.114. The Morgan fingerprint density at radius 2 is 1.60 bits per heavy atom. The summed E-state index contributed by atoms with van der Waals surface area (Å²) in [6, 6.07) is 17.5. The Balaban J connectivity index is 0.000000305. The third-order valence-electron chi connectivity index (χ3n) is 4.62. The van der Waals surface area contributed by atoms with Gasteiger partial charge < -0.3 is 5.32 Å². The highest BCUT2D eigenvalue weighted by Crippen LogP contribution is 2.39. The molecule has 0 atom stereocenters. The number of pyridine rings is 1. The summed E-state index contributed by atoms with van der Waals surface area (Å²) in [6.45, 7) is 1.46. The van der Waals surface area contributed by atoms with Crippen LogP contribution in [0.25, 0.3) is 33.5 Å². The number of carbonyl (C=O) groups excluding carboxylic acids is 1. The van der Waals surface area contributed by atoms with E-state index in [4.69, 9.17) is 23.2 Å². The van der Waals surface area contributed by atoms with Crippen molar-refractivity contribution in [3.05, 3.63) is 77.0 Å². The van der Waals surface area contributed by atoms with Crippen LogP contribution in [0.2, 0.25) is 10.0 Å². The van der Waals surface area contributed by atoms with Crippen LogP contribution in [0, 0.1) is 0 Å². The van der Waals surface area contributed by atoms with Gasteiger partial charge in [0.15, 0.2) is 0 Å². The van der Waals surface area contributed by atoms with E-state index in [-0.39, 0.29) is 5.91 Å². The molecule has 1 aromatic carbocycles. The number of aryl methyl sites for hydroxylation is 1. The summed E-state index contributed by atoms with van der Waals surface area (Å²) in [7, 11) is 1.77. The van der Waals surface area contributed by atoms with E-state index in [0.717, 1.165) is 16.7 Å². The first-order chi connectivity index (χ1) is 14.4. The van der Waals surface area contributed by atoms with Gasteiger partial charge in [-0.2, -0.15) is 5.10 Å². The summed E-state index contributed by atoms with van der Waals surface area (Å²) in [5, 5.41) is 8.32. The number of benzene rings is 2. The lowest BCUT2D eigenvalue weighted by atomic mass is 10.0. The van der Waals surface area contributed by atoms with Gasteiger partial charge in [-0.15, -0.1) is 0 Å². The average Bonchev–Trinajstić information content (AvgIpc) is 3.19. The lowest BCUT2D eigenvalue weighted by Crippen LogP contribution is -2.10. The van der Waals surface area contributed by atoms with E-state index in [1.165, 1.54) is 18.1 Å². The molecule has 5 nitrogen and oxygen atoms in total. The fourth-order valence-electron chi connectivity index (χ4n) is 3.15. The zero-order valence-corrected chi connectivity index (χ0v) is 17.9. The Hall–Kier alpha value is -3.15. The molecule has 2 aliphatic rings. The Kier molecular flexibility index (Phi) is 5.57. The molecule has 0 fully saturated rings. The highest BCUT2D eigenvalue weighted by Gasteiger charge is 2.20. The summed E-state index contributed by atoms with van der Waals surface area (Å²) in [5.41, 5.74) is 6.05. The number of hydrogen-bond donors (Lipinski definition) is 1. The monoisotopic (exact) mass is 436 g/mol. The molecule has 3 aromatic rings. The first kappa shape index (κ1) is 20.1. The quantitative estimate of drug-likeness (QED) is 0.372. The van der Waals surface area contributed by atoms with Crippen LogP contribution in [0.3, 0.4) is 0 Å². The fraction of sp³-hybridized carbons (Fsp3) is 0.0870. The van der Waals surface area contributed by atoms with Crippen LogP contribution in [0.15, 0.2) is 67.0 Å². The second-order valence-corrected chi connectivity index (χ2v) is 7.64. The molecule has 0 aliphatic heterocycles. The van der Waals surface area contributed by atoms with Crippen LogP contribution in [0.4, 0.5) is 5.82 Å². The normalized spacial score (nSPS) is 10.8. The zero-order chi connectivity index (χ0) is 21.3. The maximum atomic E-state index is 11.6. The molecular weight excluding hydrogens is 419 g/mol. The molecule has 2 aliphatic carbocycles. The van der Waals surface area contributed by atoms with Gasteiger partial charge in [-0.25, -0.2) is 0 Å². The van der Waals surface area contributed by atoms with E-state index in [9.17, 15) is 4.79 Å². The standard InChI is InChI=1S/C17H14Cl2N4O.C6H4/c1-10(24)21-17-15(11-5-7-20-8-6-11)16(22-23(17)2)12-3-4-13(18)14(19)9-12;1-2-5-4-6(5)3-1/h3-9H,1-2H3,(H,21,24);1-4H. The number of aromatic nitrogens is 3. The number of hydrogen-bond acceptors (Lipinski definition) is 3. The molecule has 0 radical (unpaired) electrons. The van der Waals surface area contributed by atoms with Gasteiger partial charge in [0.05, 0.1) is 15.6 Å². The summed E-state index contributed by atoms with van der Waals surface area (Å²) >= 11 is 12.2. The summed E-state index contributed by atoms with van der Waals surface area (Å²) in [6.07, 6.45) is 3.39. The topological polar surface area (TPSA) is 59.8 Å². The third-order valence-corrected chi connectivity index (χ3v) is 5.36. The molecule has 1 amide bonds. The number of rotatable bonds is 3. The summed E-state index contributed by atoms with van der Waals surface area (Å²) < 4.78 is 1.63. The largest absolute Gasteiger partial charge is 0.311 e. The predicted octanol–water partition coefficient (Wildman–Crippen LogP) is 6.08. The van der Waals surface area contributed by atoms with Gasteiger partial charge >= 0.3 is 0 Å². The second-order valence-electron chi connectivity index (χ2n) is 6.82. The highest BCUT2D eigenvalue weighted by atomic mass is 35.5. The number of anilines is 1. The van der Waals surface area contributed by atoms with Crippen molar-refractivity contribution < 1.29 is 4.79 Å². The molecule has 0 bridgehead atoms. The molecule has 0 saturated carbocycles. The molecule has 150 valence electrons. The molecule has 0 spiro atoms. The molecule has 30 heavy (non-hydrogen) atoms. The fourth-order valence-corrected chi connectivity index (χ4v) is 3.45. The number of halogens is 2. The third kappa shape index (κ3) is 4.22. The minimum Gasteiger partial charge on any atom is -0.311 e. The number of amides is 1. The molecular formula is C23H18Cl2N4O. The average molecular weight is 437 g/mol. The number of carbonyl (C=O) groups is 1. The predicted molar refractivity (Wildman–Crippen MR) is 122 cm³/mol. The van der Waals surface area contributed by atoms with Gasteiger partial charge in [-0.3, -0.25) is 14.5 Å². The molecule has 7 heteroatoms. The van der Waals surface area contributed by atoms with E-state index in [1.807, 2.05) is 18.2 Å². The van der Waals surface area contributed by atoms with E-state index in [1.54, 1.807) is 36.3 Å². The molecule has 2 heterocycles. The van der Waals surface area contributed by atoms with Crippen molar-refractivity contribution >= 4 is 34.9 Å². The van der Waals surface area contributed by atoms with Crippen LogP contribution in [0.5, 0.6) is 0 Å². The molecule has 0 unspecified atom stereocenters. The number of nitrogens with zero attached hydrogens (tertiary/aromatic N) is 3. The maximum absolute atomic E-state index is 11.6. The maximum Gasteiger partial charge on any atom is 0.222 e. The van der Waals surface area contributed by atoms with Crippen LogP contribution in [0.1, 0.15) is 6.92 Å². The second kappa shape index (κ2) is 8.30. The van der Waals surface area contributed by atoms with E-state index in [0.29, 0.717) is 21.6 Å². The first-order valence-electron chi connectivity index (χ1n) is 9.25. The molecule has 0 saturated heterocycles.